The first-order chi connectivity index (χ1) is 16.7. The van der Waals surface area contributed by atoms with E-state index in [4.69, 9.17) is 16.3 Å². The third-order valence-corrected chi connectivity index (χ3v) is 5.80. The molecule has 0 saturated heterocycles. The molecule has 3 heterocycles. The van der Waals surface area contributed by atoms with Crippen molar-refractivity contribution in [3.8, 4) is 22.8 Å². The van der Waals surface area contributed by atoms with E-state index in [0.717, 1.165) is 44.7 Å². The van der Waals surface area contributed by atoms with Crippen molar-refractivity contribution in [1.29, 1.82) is 0 Å². The summed E-state index contributed by atoms with van der Waals surface area (Å²) in [5.74, 6) is 2.16. The number of halogens is 1. The lowest BCUT2D eigenvalue weighted by Crippen LogP contribution is -1.99. The van der Waals surface area contributed by atoms with Crippen LogP contribution in [0.3, 0.4) is 0 Å². The molecule has 0 atom stereocenters. The largest absolute Gasteiger partial charge is 0.455 e. The molecule has 0 aliphatic rings. The summed E-state index contributed by atoms with van der Waals surface area (Å²) in [6, 6.07) is 29.2. The van der Waals surface area contributed by atoms with Gasteiger partial charge < -0.3 is 10.1 Å². The summed E-state index contributed by atoms with van der Waals surface area (Å²) in [6.07, 6.45) is 3.61. The number of aromatic nitrogens is 4. The topological polar surface area (TPSA) is 64.3 Å². The highest BCUT2D eigenvalue weighted by Crippen LogP contribution is 2.32. The van der Waals surface area contributed by atoms with E-state index in [2.05, 4.69) is 20.6 Å². The molecule has 3 aromatic carbocycles. The molecule has 0 fully saturated rings. The minimum Gasteiger partial charge on any atom is -0.455 e. The number of ether oxygens (including phenoxy) is 1. The van der Waals surface area contributed by atoms with Gasteiger partial charge in [-0.15, -0.1) is 10.2 Å². The van der Waals surface area contributed by atoms with Gasteiger partial charge in [0.05, 0.1) is 6.20 Å². The second-order valence-electron chi connectivity index (χ2n) is 7.73. The average molecular weight is 464 g/mol. The Labute approximate surface area is 200 Å². The smallest absolute Gasteiger partial charge is 0.161 e. The third-order valence-electron chi connectivity index (χ3n) is 5.55. The summed E-state index contributed by atoms with van der Waals surface area (Å²) in [5, 5.41) is 19.3. The zero-order chi connectivity index (χ0) is 22.9. The Balaban J connectivity index is 1.28. The van der Waals surface area contributed by atoms with Crippen molar-refractivity contribution in [3.63, 3.8) is 0 Å². The number of benzene rings is 3. The monoisotopic (exact) mass is 463 g/mol. The van der Waals surface area contributed by atoms with Crippen molar-refractivity contribution in [3.05, 3.63) is 108 Å². The summed E-state index contributed by atoms with van der Waals surface area (Å²) in [5.41, 5.74) is 3.57. The third kappa shape index (κ3) is 3.80. The van der Waals surface area contributed by atoms with Crippen LogP contribution in [-0.4, -0.2) is 19.8 Å². The molecule has 1 N–H and O–H groups in total. The maximum absolute atomic E-state index is 6.07. The molecular formula is C27H18ClN5O. The van der Waals surface area contributed by atoms with Gasteiger partial charge in [-0.2, -0.15) is 5.10 Å². The lowest BCUT2D eigenvalue weighted by Gasteiger charge is -2.12. The fourth-order valence-corrected chi connectivity index (χ4v) is 4.03. The van der Waals surface area contributed by atoms with E-state index in [1.165, 1.54) is 0 Å². The zero-order valence-corrected chi connectivity index (χ0v) is 18.6. The first kappa shape index (κ1) is 20.2. The standard InChI is InChI=1S/C27H18ClN5O/c28-19-9-7-18(8-10-19)26-22-4-1-2-5-23(22)27(32-31-26)30-20-11-13-21(14-12-20)34-25-15-16-29-33-17-3-6-24(25)33/h1-17H,(H,30,32). The van der Waals surface area contributed by atoms with Crippen LogP contribution >= 0.6 is 11.6 Å². The molecule has 34 heavy (non-hydrogen) atoms. The average Bonchev–Trinajstić information content (AvgIpc) is 3.36. The molecule has 6 aromatic rings. The lowest BCUT2D eigenvalue weighted by atomic mass is 10.0. The molecule has 3 aromatic heterocycles. The predicted octanol–water partition coefficient (Wildman–Crippen LogP) is 7.13. The highest BCUT2D eigenvalue weighted by molar-refractivity contribution is 6.30. The fraction of sp³-hybridized carbons (Fsp3) is 0. The van der Waals surface area contributed by atoms with Crippen molar-refractivity contribution in [2.45, 2.75) is 0 Å². The van der Waals surface area contributed by atoms with Gasteiger partial charge in [-0.3, -0.25) is 0 Å². The van der Waals surface area contributed by atoms with E-state index in [-0.39, 0.29) is 0 Å². The van der Waals surface area contributed by atoms with Crippen LogP contribution in [0.2, 0.25) is 5.02 Å². The van der Waals surface area contributed by atoms with Crippen molar-refractivity contribution < 1.29 is 4.74 Å². The molecule has 0 aliphatic heterocycles. The molecule has 0 bridgehead atoms. The van der Waals surface area contributed by atoms with Crippen LogP contribution in [0.15, 0.2) is 103 Å². The van der Waals surface area contributed by atoms with E-state index in [1.807, 2.05) is 97.2 Å². The van der Waals surface area contributed by atoms with E-state index in [0.29, 0.717) is 10.8 Å². The Morgan fingerprint density at radius 1 is 0.765 bits per heavy atom. The Bertz CT molecular complexity index is 1610. The van der Waals surface area contributed by atoms with Crippen molar-refractivity contribution in [2.24, 2.45) is 0 Å². The summed E-state index contributed by atoms with van der Waals surface area (Å²) < 4.78 is 7.85. The Kier molecular flexibility index (Phi) is 5.05. The molecule has 7 heteroatoms. The quantitative estimate of drug-likeness (QED) is 0.294. The molecule has 6 rings (SSSR count). The van der Waals surface area contributed by atoms with Crippen LogP contribution in [0.5, 0.6) is 11.5 Å². The number of rotatable bonds is 5. The van der Waals surface area contributed by atoms with Gasteiger partial charge in [0.2, 0.25) is 0 Å². The maximum Gasteiger partial charge on any atom is 0.161 e. The van der Waals surface area contributed by atoms with Gasteiger partial charge >= 0.3 is 0 Å². The normalized spacial score (nSPS) is 11.1. The highest BCUT2D eigenvalue weighted by atomic mass is 35.5. The molecule has 0 radical (unpaired) electrons. The van der Waals surface area contributed by atoms with Gasteiger partial charge in [-0.25, -0.2) is 4.52 Å². The number of anilines is 2. The minimum absolute atomic E-state index is 0.686. The number of fused-ring (bicyclic) bond motifs is 2. The van der Waals surface area contributed by atoms with Gasteiger partial charge in [0.1, 0.15) is 17.0 Å². The molecule has 0 unspecified atom stereocenters. The number of hydrogen-bond donors (Lipinski definition) is 1. The van der Waals surface area contributed by atoms with Crippen LogP contribution in [0.25, 0.3) is 27.5 Å². The van der Waals surface area contributed by atoms with Gasteiger partial charge in [-0.1, -0.05) is 48.0 Å². The summed E-state index contributed by atoms with van der Waals surface area (Å²) in [7, 11) is 0. The molecule has 164 valence electrons. The van der Waals surface area contributed by atoms with Crippen LogP contribution in [-0.2, 0) is 0 Å². The first-order valence-corrected chi connectivity index (χ1v) is 11.1. The summed E-state index contributed by atoms with van der Waals surface area (Å²) in [6.45, 7) is 0. The van der Waals surface area contributed by atoms with Crippen molar-refractivity contribution >= 4 is 39.4 Å². The Hall–Kier alpha value is -4.42. The van der Waals surface area contributed by atoms with Crippen molar-refractivity contribution in [2.75, 3.05) is 5.32 Å². The van der Waals surface area contributed by atoms with Crippen LogP contribution in [0.4, 0.5) is 11.5 Å². The second-order valence-corrected chi connectivity index (χ2v) is 8.17. The maximum atomic E-state index is 6.07. The van der Waals surface area contributed by atoms with Crippen LogP contribution in [0.1, 0.15) is 0 Å². The molecule has 0 amide bonds. The molecule has 0 aliphatic carbocycles. The predicted molar refractivity (Wildman–Crippen MR) is 135 cm³/mol. The van der Waals surface area contributed by atoms with E-state index < -0.39 is 0 Å². The number of hydrogen-bond acceptors (Lipinski definition) is 5. The lowest BCUT2D eigenvalue weighted by molar-refractivity contribution is 0.484. The zero-order valence-electron chi connectivity index (χ0n) is 17.9. The van der Waals surface area contributed by atoms with Crippen LogP contribution in [0, 0.1) is 0 Å². The fourth-order valence-electron chi connectivity index (χ4n) is 3.90. The van der Waals surface area contributed by atoms with Gasteiger partial charge in [-0.05, 0) is 48.5 Å². The minimum atomic E-state index is 0.686. The van der Waals surface area contributed by atoms with Gasteiger partial charge in [0.15, 0.2) is 11.6 Å². The Morgan fingerprint density at radius 2 is 1.56 bits per heavy atom. The van der Waals surface area contributed by atoms with Crippen molar-refractivity contribution in [1.82, 2.24) is 19.8 Å². The SMILES string of the molecule is Clc1ccc(-c2nnc(Nc3ccc(Oc4ccnn5cccc45)cc3)c3ccccc23)cc1. The van der Waals surface area contributed by atoms with Gasteiger partial charge in [0.25, 0.3) is 0 Å². The molecule has 0 spiro atoms. The highest BCUT2D eigenvalue weighted by Gasteiger charge is 2.11. The van der Waals surface area contributed by atoms with Gasteiger partial charge in [0, 0.05) is 39.3 Å². The summed E-state index contributed by atoms with van der Waals surface area (Å²) >= 11 is 6.05. The summed E-state index contributed by atoms with van der Waals surface area (Å²) in [4.78, 5) is 0. The molecule has 0 saturated carbocycles. The second kappa shape index (κ2) is 8.50. The van der Waals surface area contributed by atoms with E-state index in [9.17, 15) is 0 Å². The van der Waals surface area contributed by atoms with E-state index in [1.54, 1.807) is 10.7 Å². The molecular weight excluding hydrogens is 446 g/mol. The van der Waals surface area contributed by atoms with E-state index >= 15 is 0 Å². The van der Waals surface area contributed by atoms with Crippen LogP contribution < -0.4 is 10.1 Å². The number of nitrogens with one attached hydrogen (secondary N) is 1. The molecule has 6 nitrogen and oxygen atoms in total. The number of nitrogens with zero attached hydrogens (tertiary/aromatic N) is 4. The first-order valence-electron chi connectivity index (χ1n) is 10.7. The Morgan fingerprint density at radius 3 is 2.38 bits per heavy atom.